The quantitative estimate of drug-likeness (QED) is 0.688. The average molecular weight is 264 g/mol. The van der Waals surface area contributed by atoms with Crippen LogP contribution in [-0.2, 0) is 9.53 Å². The normalized spacial score (nSPS) is 36.5. The van der Waals surface area contributed by atoms with Crippen LogP contribution in [0.3, 0.4) is 0 Å². The molecule has 0 bridgehead atoms. The fourth-order valence-corrected chi connectivity index (χ4v) is 4.54. The minimum absolute atomic E-state index is 0.124. The number of carbonyl (C=O) groups is 1. The molecule has 0 radical (unpaired) electrons. The van der Waals surface area contributed by atoms with E-state index in [1.807, 2.05) is 0 Å². The summed E-state index contributed by atoms with van der Waals surface area (Å²) in [6, 6.07) is 0. The van der Waals surface area contributed by atoms with E-state index in [4.69, 9.17) is 4.74 Å². The van der Waals surface area contributed by atoms with E-state index in [0.29, 0.717) is 0 Å². The molecule has 3 atom stereocenters. The zero-order valence-electron chi connectivity index (χ0n) is 12.1. The van der Waals surface area contributed by atoms with E-state index in [9.17, 15) is 4.79 Å². The first kappa shape index (κ1) is 13.5. The Morgan fingerprint density at radius 1 is 0.737 bits per heavy atom. The maximum atomic E-state index is 12.2. The van der Waals surface area contributed by atoms with Gasteiger partial charge in [-0.25, -0.2) is 0 Å². The molecule has 0 aromatic rings. The highest BCUT2D eigenvalue weighted by atomic mass is 16.5. The Bertz CT molecular complexity index is 306. The van der Waals surface area contributed by atoms with Crippen LogP contribution in [0.4, 0.5) is 0 Å². The van der Waals surface area contributed by atoms with E-state index in [1.54, 1.807) is 0 Å². The van der Waals surface area contributed by atoms with Crippen LogP contribution in [0, 0.1) is 17.8 Å². The third-order valence-electron chi connectivity index (χ3n) is 5.71. The Morgan fingerprint density at radius 3 is 2.21 bits per heavy atom. The van der Waals surface area contributed by atoms with E-state index in [-0.39, 0.29) is 18.0 Å². The third-order valence-corrected chi connectivity index (χ3v) is 5.71. The lowest BCUT2D eigenvalue weighted by Gasteiger charge is -2.39. The summed E-state index contributed by atoms with van der Waals surface area (Å²) in [5, 5.41) is 0. The predicted molar refractivity (Wildman–Crippen MR) is 75.8 cm³/mol. The number of fused-ring (bicyclic) bond motifs is 1. The summed E-state index contributed by atoms with van der Waals surface area (Å²) in [5.74, 6) is 2.14. The molecule has 0 saturated heterocycles. The van der Waals surface area contributed by atoms with Gasteiger partial charge in [0, 0.05) is 0 Å². The van der Waals surface area contributed by atoms with Crippen molar-refractivity contribution >= 4 is 5.97 Å². The van der Waals surface area contributed by atoms with Crippen LogP contribution in [0.2, 0.25) is 0 Å². The molecule has 0 aromatic heterocycles. The minimum atomic E-state index is 0.124. The second-order valence-electron chi connectivity index (χ2n) is 7.01. The van der Waals surface area contributed by atoms with Crippen molar-refractivity contribution in [2.75, 3.05) is 0 Å². The summed E-state index contributed by atoms with van der Waals surface area (Å²) in [4.78, 5) is 12.2. The van der Waals surface area contributed by atoms with Gasteiger partial charge in [-0.05, 0) is 43.9 Å². The van der Waals surface area contributed by atoms with Gasteiger partial charge in [-0.1, -0.05) is 44.9 Å². The molecule has 0 aromatic carbocycles. The first-order valence-electron chi connectivity index (χ1n) is 8.53. The molecule has 0 amide bonds. The standard InChI is InChI=1S/C17H28O2/c18-17(14-7-2-1-3-8-14)19-16-11-10-13-6-4-5-9-15(13)12-16/h13-16H,1-12H2. The van der Waals surface area contributed by atoms with Gasteiger partial charge >= 0.3 is 5.97 Å². The highest BCUT2D eigenvalue weighted by Gasteiger charge is 2.34. The van der Waals surface area contributed by atoms with Crippen molar-refractivity contribution in [3.63, 3.8) is 0 Å². The Hall–Kier alpha value is -0.530. The number of rotatable bonds is 2. The Kier molecular flexibility index (Phi) is 4.45. The van der Waals surface area contributed by atoms with Crippen molar-refractivity contribution in [3.8, 4) is 0 Å². The van der Waals surface area contributed by atoms with Crippen LogP contribution >= 0.6 is 0 Å². The molecule has 0 N–H and O–H groups in total. The molecule has 19 heavy (non-hydrogen) atoms. The van der Waals surface area contributed by atoms with Crippen LogP contribution in [0.15, 0.2) is 0 Å². The van der Waals surface area contributed by atoms with Gasteiger partial charge in [0.25, 0.3) is 0 Å². The summed E-state index contributed by atoms with van der Waals surface area (Å²) in [6.07, 6.45) is 15.3. The molecule has 3 fully saturated rings. The largest absolute Gasteiger partial charge is 0.462 e. The van der Waals surface area contributed by atoms with E-state index in [2.05, 4.69) is 0 Å². The van der Waals surface area contributed by atoms with E-state index in [0.717, 1.165) is 37.5 Å². The van der Waals surface area contributed by atoms with Crippen molar-refractivity contribution in [3.05, 3.63) is 0 Å². The van der Waals surface area contributed by atoms with Crippen molar-refractivity contribution in [2.45, 2.75) is 83.2 Å². The molecule has 0 spiro atoms. The fraction of sp³-hybridized carbons (Fsp3) is 0.941. The molecule has 0 heterocycles. The molecular weight excluding hydrogens is 236 g/mol. The van der Waals surface area contributed by atoms with Gasteiger partial charge < -0.3 is 4.74 Å². The molecule has 108 valence electrons. The van der Waals surface area contributed by atoms with Gasteiger partial charge in [0.15, 0.2) is 0 Å². The Balaban J connectivity index is 1.48. The Morgan fingerprint density at radius 2 is 1.42 bits per heavy atom. The molecule has 3 rings (SSSR count). The van der Waals surface area contributed by atoms with E-state index < -0.39 is 0 Å². The molecule has 3 saturated carbocycles. The third kappa shape index (κ3) is 3.32. The SMILES string of the molecule is O=C(OC1CCC2CCCCC2C1)C1CCCCC1. The van der Waals surface area contributed by atoms with Crippen LogP contribution < -0.4 is 0 Å². The lowest BCUT2D eigenvalue weighted by atomic mass is 9.70. The van der Waals surface area contributed by atoms with Gasteiger partial charge in [0.1, 0.15) is 6.10 Å². The van der Waals surface area contributed by atoms with E-state index in [1.165, 1.54) is 51.4 Å². The van der Waals surface area contributed by atoms with Crippen molar-refractivity contribution in [2.24, 2.45) is 17.8 Å². The zero-order valence-corrected chi connectivity index (χ0v) is 12.1. The minimum Gasteiger partial charge on any atom is -0.462 e. The predicted octanol–water partition coefficient (Wildman–Crippen LogP) is 4.47. The summed E-state index contributed by atoms with van der Waals surface area (Å²) >= 11 is 0. The number of hydrogen-bond donors (Lipinski definition) is 0. The number of ether oxygens (including phenoxy) is 1. The monoisotopic (exact) mass is 264 g/mol. The lowest BCUT2D eigenvalue weighted by Crippen LogP contribution is -2.34. The smallest absolute Gasteiger partial charge is 0.309 e. The van der Waals surface area contributed by atoms with Crippen LogP contribution in [0.5, 0.6) is 0 Å². The zero-order chi connectivity index (χ0) is 13.1. The molecule has 3 aliphatic carbocycles. The second-order valence-corrected chi connectivity index (χ2v) is 7.01. The van der Waals surface area contributed by atoms with E-state index >= 15 is 0 Å². The maximum absolute atomic E-state index is 12.2. The van der Waals surface area contributed by atoms with Gasteiger partial charge in [-0.15, -0.1) is 0 Å². The van der Waals surface area contributed by atoms with Crippen molar-refractivity contribution < 1.29 is 9.53 Å². The van der Waals surface area contributed by atoms with Crippen LogP contribution in [0.25, 0.3) is 0 Å². The summed E-state index contributed by atoms with van der Waals surface area (Å²) < 4.78 is 5.84. The highest BCUT2D eigenvalue weighted by Crippen LogP contribution is 2.41. The van der Waals surface area contributed by atoms with Gasteiger partial charge in [-0.2, -0.15) is 0 Å². The first-order chi connectivity index (χ1) is 9.33. The molecule has 0 aliphatic heterocycles. The van der Waals surface area contributed by atoms with Crippen LogP contribution in [-0.4, -0.2) is 12.1 Å². The molecule has 3 unspecified atom stereocenters. The average Bonchev–Trinajstić information content (AvgIpc) is 2.48. The number of hydrogen-bond acceptors (Lipinski definition) is 2. The van der Waals surface area contributed by atoms with Crippen LogP contribution in [0.1, 0.15) is 77.0 Å². The summed E-state index contributed by atoms with van der Waals surface area (Å²) in [5.41, 5.74) is 0. The van der Waals surface area contributed by atoms with Crippen molar-refractivity contribution in [1.82, 2.24) is 0 Å². The molecular formula is C17H28O2. The van der Waals surface area contributed by atoms with Gasteiger partial charge in [0.05, 0.1) is 5.92 Å². The number of carbonyl (C=O) groups excluding carboxylic acids is 1. The maximum Gasteiger partial charge on any atom is 0.309 e. The second kappa shape index (κ2) is 6.28. The van der Waals surface area contributed by atoms with Gasteiger partial charge in [0.2, 0.25) is 0 Å². The summed E-state index contributed by atoms with van der Waals surface area (Å²) in [7, 11) is 0. The highest BCUT2D eigenvalue weighted by molar-refractivity contribution is 5.72. The fourth-order valence-electron chi connectivity index (χ4n) is 4.54. The molecule has 2 nitrogen and oxygen atoms in total. The van der Waals surface area contributed by atoms with Crippen molar-refractivity contribution in [1.29, 1.82) is 0 Å². The number of esters is 1. The molecule has 2 heteroatoms. The Labute approximate surface area is 117 Å². The van der Waals surface area contributed by atoms with Gasteiger partial charge in [-0.3, -0.25) is 4.79 Å². The summed E-state index contributed by atoms with van der Waals surface area (Å²) in [6.45, 7) is 0. The molecule has 3 aliphatic rings. The first-order valence-corrected chi connectivity index (χ1v) is 8.53. The lowest BCUT2D eigenvalue weighted by molar-refractivity contribution is -0.158. The topological polar surface area (TPSA) is 26.3 Å².